The lowest BCUT2D eigenvalue weighted by Crippen LogP contribution is -2.20. The Morgan fingerprint density at radius 2 is 1.75 bits per heavy atom. The van der Waals surface area contributed by atoms with E-state index in [1.807, 2.05) is 42.5 Å². The molecule has 3 aromatic rings. The van der Waals surface area contributed by atoms with Gasteiger partial charge in [-0.3, -0.25) is 4.79 Å². The molecule has 1 N–H and O–H groups in total. The standard InChI is InChI=1S/C20H19N3O/c24-20(17-9-10-21-19(14-17)23-11-3-4-12-23)22-18-8-7-15-5-1-2-6-16(15)13-18/h1-2,5-10,13-14H,3-4,11-12H2,(H,22,24). The minimum Gasteiger partial charge on any atom is -0.357 e. The van der Waals surface area contributed by atoms with Crippen LogP contribution in [0.15, 0.2) is 60.8 Å². The molecule has 0 radical (unpaired) electrons. The van der Waals surface area contributed by atoms with Crippen LogP contribution in [0, 0.1) is 0 Å². The molecular weight excluding hydrogens is 298 g/mol. The molecule has 4 rings (SSSR count). The number of hydrogen-bond donors (Lipinski definition) is 1. The topological polar surface area (TPSA) is 45.2 Å². The lowest BCUT2D eigenvalue weighted by atomic mass is 10.1. The van der Waals surface area contributed by atoms with Crippen LogP contribution in [0.1, 0.15) is 23.2 Å². The molecule has 1 fully saturated rings. The van der Waals surface area contributed by atoms with Crippen LogP contribution in [-0.4, -0.2) is 24.0 Å². The molecule has 0 saturated carbocycles. The molecule has 1 amide bonds. The summed E-state index contributed by atoms with van der Waals surface area (Å²) in [5.74, 6) is 0.784. The SMILES string of the molecule is O=C(Nc1ccc2ccccc2c1)c1ccnc(N2CCCC2)c1. The number of nitrogens with one attached hydrogen (secondary N) is 1. The summed E-state index contributed by atoms with van der Waals surface area (Å²) < 4.78 is 0. The van der Waals surface area contributed by atoms with E-state index in [0.29, 0.717) is 5.56 Å². The van der Waals surface area contributed by atoms with Gasteiger partial charge in [0.15, 0.2) is 0 Å². The molecule has 1 aliphatic heterocycles. The zero-order chi connectivity index (χ0) is 16.4. The minimum atomic E-state index is -0.104. The number of amides is 1. The van der Waals surface area contributed by atoms with Crippen LogP contribution in [0.3, 0.4) is 0 Å². The number of carbonyl (C=O) groups excluding carboxylic acids is 1. The zero-order valence-electron chi connectivity index (χ0n) is 13.4. The predicted molar refractivity (Wildman–Crippen MR) is 97.6 cm³/mol. The fourth-order valence-electron chi connectivity index (χ4n) is 3.15. The second-order valence-electron chi connectivity index (χ2n) is 6.11. The summed E-state index contributed by atoms with van der Waals surface area (Å²) in [6.45, 7) is 2.03. The second-order valence-corrected chi connectivity index (χ2v) is 6.11. The third-order valence-corrected chi connectivity index (χ3v) is 4.45. The monoisotopic (exact) mass is 317 g/mol. The Kier molecular flexibility index (Phi) is 3.87. The molecular formula is C20H19N3O. The van der Waals surface area contributed by atoms with E-state index in [-0.39, 0.29) is 5.91 Å². The highest BCUT2D eigenvalue weighted by atomic mass is 16.1. The van der Waals surface area contributed by atoms with Crippen LogP contribution in [0.5, 0.6) is 0 Å². The van der Waals surface area contributed by atoms with Gasteiger partial charge in [-0.25, -0.2) is 4.98 Å². The summed E-state index contributed by atoms with van der Waals surface area (Å²) in [6, 6.07) is 17.7. The third kappa shape index (κ3) is 2.95. The van der Waals surface area contributed by atoms with E-state index in [2.05, 4.69) is 21.3 Å². The van der Waals surface area contributed by atoms with Crippen LogP contribution < -0.4 is 10.2 Å². The number of benzene rings is 2. The maximum absolute atomic E-state index is 12.6. The van der Waals surface area contributed by atoms with E-state index < -0.39 is 0 Å². The van der Waals surface area contributed by atoms with Gasteiger partial charge in [0.05, 0.1) is 0 Å². The Hall–Kier alpha value is -2.88. The van der Waals surface area contributed by atoms with Gasteiger partial charge in [-0.05, 0) is 47.9 Å². The van der Waals surface area contributed by atoms with Crippen LogP contribution >= 0.6 is 0 Å². The first-order valence-corrected chi connectivity index (χ1v) is 8.31. The van der Waals surface area contributed by atoms with E-state index in [1.165, 1.54) is 12.8 Å². The molecule has 1 saturated heterocycles. The Morgan fingerprint density at radius 3 is 2.58 bits per heavy atom. The second kappa shape index (κ2) is 6.32. The average molecular weight is 317 g/mol. The Morgan fingerprint density at radius 1 is 0.958 bits per heavy atom. The van der Waals surface area contributed by atoms with E-state index in [1.54, 1.807) is 12.3 Å². The van der Waals surface area contributed by atoms with Crippen molar-refractivity contribution in [3.05, 3.63) is 66.4 Å². The maximum Gasteiger partial charge on any atom is 0.255 e. The normalized spacial score (nSPS) is 14.1. The number of carbonyl (C=O) groups is 1. The summed E-state index contributed by atoms with van der Waals surface area (Å²) in [5.41, 5.74) is 1.44. The van der Waals surface area contributed by atoms with Crippen molar-refractivity contribution in [1.29, 1.82) is 0 Å². The van der Waals surface area contributed by atoms with Crippen LogP contribution in [0.2, 0.25) is 0 Å². The highest BCUT2D eigenvalue weighted by molar-refractivity contribution is 6.05. The van der Waals surface area contributed by atoms with Gasteiger partial charge in [0, 0.05) is 30.5 Å². The van der Waals surface area contributed by atoms with Crippen molar-refractivity contribution in [2.45, 2.75) is 12.8 Å². The number of fused-ring (bicyclic) bond motifs is 1. The first-order chi connectivity index (χ1) is 11.8. The Balaban J connectivity index is 1.55. The van der Waals surface area contributed by atoms with Gasteiger partial charge < -0.3 is 10.2 Å². The van der Waals surface area contributed by atoms with Gasteiger partial charge in [-0.1, -0.05) is 30.3 Å². The summed E-state index contributed by atoms with van der Waals surface area (Å²) in [6.07, 6.45) is 4.09. The molecule has 120 valence electrons. The zero-order valence-corrected chi connectivity index (χ0v) is 13.4. The van der Waals surface area contributed by atoms with E-state index in [0.717, 1.165) is 35.4 Å². The van der Waals surface area contributed by atoms with Crippen molar-refractivity contribution >= 4 is 28.2 Å². The lowest BCUT2D eigenvalue weighted by molar-refractivity contribution is 0.102. The first-order valence-electron chi connectivity index (χ1n) is 8.31. The highest BCUT2D eigenvalue weighted by Gasteiger charge is 2.15. The molecule has 0 aliphatic carbocycles. The number of hydrogen-bond acceptors (Lipinski definition) is 3. The molecule has 4 nitrogen and oxygen atoms in total. The molecule has 2 heterocycles. The smallest absolute Gasteiger partial charge is 0.255 e. The largest absolute Gasteiger partial charge is 0.357 e. The van der Waals surface area contributed by atoms with Crippen LogP contribution in [0.4, 0.5) is 11.5 Å². The highest BCUT2D eigenvalue weighted by Crippen LogP contribution is 2.21. The van der Waals surface area contributed by atoms with Gasteiger partial charge in [-0.15, -0.1) is 0 Å². The quantitative estimate of drug-likeness (QED) is 0.791. The predicted octanol–water partition coefficient (Wildman–Crippen LogP) is 4.09. The van der Waals surface area contributed by atoms with E-state index in [4.69, 9.17) is 0 Å². The molecule has 0 atom stereocenters. The molecule has 2 aromatic carbocycles. The number of rotatable bonds is 3. The van der Waals surface area contributed by atoms with Crippen LogP contribution in [0.25, 0.3) is 10.8 Å². The number of aromatic nitrogens is 1. The van der Waals surface area contributed by atoms with Crippen molar-refractivity contribution in [3.63, 3.8) is 0 Å². The van der Waals surface area contributed by atoms with Crippen molar-refractivity contribution in [3.8, 4) is 0 Å². The third-order valence-electron chi connectivity index (χ3n) is 4.45. The van der Waals surface area contributed by atoms with Crippen molar-refractivity contribution in [2.24, 2.45) is 0 Å². The summed E-state index contributed by atoms with van der Waals surface area (Å²) in [4.78, 5) is 19.2. The van der Waals surface area contributed by atoms with Gasteiger partial charge in [0.2, 0.25) is 0 Å². The summed E-state index contributed by atoms with van der Waals surface area (Å²) in [7, 11) is 0. The molecule has 0 bridgehead atoms. The van der Waals surface area contributed by atoms with Gasteiger partial charge in [0.1, 0.15) is 5.82 Å². The summed E-state index contributed by atoms with van der Waals surface area (Å²) in [5, 5.41) is 5.26. The minimum absolute atomic E-state index is 0.104. The van der Waals surface area contributed by atoms with E-state index in [9.17, 15) is 4.79 Å². The average Bonchev–Trinajstić information content (AvgIpc) is 3.16. The fraction of sp³-hybridized carbons (Fsp3) is 0.200. The first kappa shape index (κ1) is 14.7. The number of nitrogens with zero attached hydrogens (tertiary/aromatic N) is 2. The number of anilines is 2. The van der Waals surface area contributed by atoms with Crippen molar-refractivity contribution in [1.82, 2.24) is 4.98 Å². The van der Waals surface area contributed by atoms with Crippen molar-refractivity contribution in [2.75, 3.05) is 23.3 Å². The Labute approximate surface area is 141 Å². The fourth-order valence-corrected chi connectivity index (χ4v) is 3.15. The van der Waals surface area contributed by atoms with Gasteiger partial charge >= 0.3 is 0 Å². The molecule has 1 aliphatic rings. The molecule has 24 heavy (non-hydrogen) atoms. The molecule has 0 spiro atoms. The van der Waals surface area contributed by atoms with Gasteiger partial charge in [0.25, 0.3) is 5.91 Å². The van der Waals surface area contributed by atoms with E-state index >= 15 is 0 Å². The molecule has 0 unspecified atom stereocenters. The Bertz CT molecular complexity index is 885. The maximum atomic E-state index is 12.6. The van der Waals surface area contributed by atoms with Gasteiger partial charge in [-0.2, -0.15) is 0 Å². The molecule has 1 aromatic heterocycles. The lowest BCUT2D eigenvalue weighted by Gasteiger charge is -2.16. The van der Waals surface area contributed by atoms with Crippen LogP contribution in [-0.2, 0) is 0 Å². The molecule has 4 heteroatoms. The summed E-state index contributed by atoms with van der Waals surface area (Å²) >= 11 is 0. The van der Waals surface area contributed by atoms with Crippen molar-refractivity contribution < 1.29 is 4.79 Å². The number of pyridine rings is 1.